The van der Waals surface area contributed by atoms with Gasteiger partial charge in [-0.25, -0.2) is 0 Å². The van der Waals surface area contributed by atoms with Crippen molar-refractivity contribution in [1.29, 1.82) is 0 Å². The molecule has 0 fully saturated rings. The first kappa shape index (κ1) is 16.9. The van der Waals surface area contributed by atoms with E-state index in [0.29, 0.717) is 18.1 Å². The SMILES string of the molecule is CC(C)CNCCC(C)(O)c1cncc(OC(C)C)c1. The van der Waals surface area contributed by atoms with Gasteiger partial charge in [0.2, 0.25) is 0 Å². The lowest BCUT2D eigenvalue weighted by Crippen LogP contribution is -2.29. The molecular weight excluding hydrogens is 252 g/mol. The van der Waals surface area contributed by atoms with Crippen molar-refractivity contribution in [2.75, 3.05) is 13.1 Å². The Balaban J connectivity index is 2.61. The van der Waals surface area contributed by atoms with Crippen LogP contribution in [-0.2, 0) is 5.60 Å². The van der Waals surface area contributed by atoms with Gasteiger partial charge in [0, 0.05) is 11.8 Å². The van der Waals surface area contributed by atoms with Gasteiger partial charge in [-0.1, -0.05) is 13.8 Å². The average molecular weight is 280 g/mol. The second-order valence-corrected chi connectivity index (χ2v) is 6.20. The Morgan fingerprint density at radius 2 is 2.00 bits per heavy atom. The van der Waals surface area contributed by atoms with Crippen LogP contribution >= 0.6 is 0 Å². The third kappa shape index (κ3) is 5.88. The van der Waals surface area contributed by atoms with Crippen LogP contribution in [0.2, 0.25) is 0 Å². The monoisotopic (exact) mass is 280 g/mol. The van der Waals surface area contributed by atoms with Gasteiger partial charge >= 0.3 is 0 Å². The molecule has 114 valence electrons. The first-order valence-corrected chi connectivity index (χ1v) is 7.36. The van der Waals surface area contributed by atoms with Crippen molar-refractivity contribution in [2.24, 2.45) is 5.92 Å². The molecule has 1 aromatic heterocycles. The Kier molecular flexibility index (Phi) is 6.43. The number of aliphatic hydroxyl groups is 1. The molecule has 0 saturated heterocycles. The van der Waals surface area contributed by atoms with Gasteiger partial charge in [0.15, 0.2) is 0 Å². The molecule has 20 heavy (non-hydrogen) atoms. The van der Waals surface area contributed by atoms with Crippen LogP contribution in [0.1, 0.15) is 46.6 Å². The largest absolute Gasteiger partial charge is 0.489 e. The summed E-state index contributed by atoms with van der Waals surface area (Å²) in [5.74, 6) is 1.32. The van der Waals surface area contributed by atoms with E-state index in [9.17, 15) is 5.11 Å². The lowest BCUT2D eigenvalue weighted by atomic mass is 9.94. The molecular formula is C16H28N2O2. The van der Waals surface area contributed by atoms with E-state index in [1.807, 2.05) is 26.8 Å². The first-order valence-electron chi connectivity index (χ1n) is 7.36. The van der Waals surface area contributed by atoms with Crippen molar-refractivity contribution in [1.82, 2.24) is 10.3 Å². The van der Waals surface area contributed by atoms with Crippen molar-refractivity contribution >= 4 is 0 Å². The predicted octanol–water partition coefficient (Wildman–Crippen LogP) is 2.71. The lowest BCUT2D eigenvalue weighted by molar-refractivity contribution is 0.0471. The standard InChI is InChI=1S/C16H28N2O2/c1-12(2)9-17-7-6-16(5,19)14-8-15(11-18-10-14)20-13(3)4/h8,10-13,17,19H,6-7,9H2,1-5H3. The molecule has 1 unspecified atom stereocenters. The number of aromatic nitrogens is 1. The maximum Gasteiger partial charge on any atom is 0.138 e. The van der Waals surface area contributed by atoms with Crippen LogP contribution in [0.3, 0.4) is 0 Å². The van der Waals surface area contributed by atoms with Crippen LogP contribution in [0, 0.1) is 5.92 Å². The van der Waals surface area contributed by atoms with Crippen molar-refractivity contribution in [3.63, 3.8) is 0 Å². The van der Waals surface area contributed by atoms with Crippen molar-refractivity contribution in [3.05, 3.63) is 24.0 Å². The second-order valence-electron chi connectivity index (χ2n) is 6.20. The number of hydrogen-bond acceptors (Lipinski definition) is 4. The topological polar surface area (TPSA) is 54.4 Å². The smallest absolute Gasteiger partial charge is 0.138 e. The minimum atomic E-state index is -0.896. The lowest BCUT2D eigenvalue weighted by Gasteiger charge is -2.24. The fourth-order valence-corrected chi connectivity index (χ4v) is 1.92. The van der Waals surface area contributed by atoms with E-state index >= 15 is 0 Å². The molecule has 1 heterocycles. The highest BCUT2D eigenvalue weighted by atomic mass is 16.5. The molecule has 1 aromatic rings. The van der Waals surface area contributed by atoms with Crippen LogP contribution in [0.4, 0.5) is 0 Å². The van der Waals surface area contributed by atoms with Gasteiger partial charge < -0.3 is 15.2 Å². The number of pyridine rings is 1. The summed E-state index contributed by atoms with van der Waals surface area (Å²) in [5, 5.41) is 13.9. The number of hydrogen-bond donors (Lipinski definition) is 2. The molecule has 0 aromatic carbocycles. The number of ether oxygens (including phenoxy) is 1. The second kappa shape index (κ2) is 7.60. The van der Waals surface area contributed by atoms with Gasteiger partial charge in [-0.2, -0.15) is 0 Å². The van der Waals surface area contributed by atoms with Crippen LogP contribution in [0.25, 0.3) is 0 Å². The molecule has 0 aliphatic carbocycles. The minimum absolute atomic E-state index is 0.102. The van der Waals surface area contributed by atoms with Crippen molar-refractivity contribution < 1.29 is 9.84 Å². The number of nitrogens with zero attached hydrogens (tertiary/aromatic N) is 1. The van der Waals surface area contributed by atoms with E-state index in [0.717, 1.165) is 18.7 Å². The quantitative estimate of drug-likeness (QED) is 0.719. The molecule has 0 aliphatic rings. The van der Waals surface area contributed by atoms with Gasteiger partial charge in [0.25, 0.3) is 0 Å². The highest BCUT2D eigenvalue weighted by molar-refractivity contribution is 5.27. The van der Waals surface area contributed by atoms with Gasteiger partial charge in [0.05, 0.1) is 17.9 Å². The van der Waals surface area contributed by atoms with Crippen LogP contribution in [0.15, 0.2) is 18.5 Å². The predicted molar refractivity (Wildman–Crippen MR) is 81.9 cm³/mol. The summed E-state index contributed by atoms with van der Waals surface area (Å²) in [7, 11) is 0. The summed E-state index contributed by atoms with van der Waals surface area (Å²) in [5.41, 5.74) is -0.102. The van der Waals surface area contributed by atoms with Gasteiger partial charge in [0.1, 0.15) is 5.75 Å². The molecule has 4 heteroatoms. The summed E-state index contributed by atoms with van der Waals surface area (Å²) < 4.78 is 5.62. The zero-order valence-electron chi connectivity index (χ0n) is 13.3. The Morgan fingerprint density at radius 3 is 2.60 bits per heavy atom. The van der Waals surface area contributed by atoms with E-state index in [-0.39, 0.29) is 6.10 Å². The molecule has 2 N–H and O–H groups in total. The molecule has 0 bridgehead atoms. The van der Waals surface area contributed by atoms with E-state index in [1.54, 1.807) is 12.4 Å². The Labute approximate surface area is 122 Å². The van der Waals surface area contributed by atoms with E-state index in [4.69, 9.17) is 4.74 Å². The average Bonchev–Trinajstić information content (AvgIpc) is 2.34. The van der Waals surface area contributed by atoms with Gasteiger partial charge in [-0.3, -0.25) is 4.98 Å². The Morgan fingerprint density at radius 1 is 1.30 bits per heavy atom. The molecule has 0 amide bonds. The van der Waals surface area contributed by atoms with Gasteiger partial charge in [-0.05, 0) is 52.3 Å². The van der Waals surface area contributed by atoms with E-state index < -0.39 is 5.60 Å². The summed E-state index contributed by atoms with van der Waals surface area (Å²) in [6.45, 7) is 11.8. The minimum Gasteiger partial charge on any atom is -0.489 e. The summed E-state index contributed by atoms with van der Waals surface area (Å²) >= 11 is 0. The Hall–Kier alpha value is -1.13. The number of rotatable bonds is 8. The maximum absolute atomic E-state index is 10.6. The summed E-state index contributed by atoms with van der Waals surface area (Å²) in [6.07, 6.45) is 4.13. The molecule has 1 rings (SSSR count). The summed E-state index contributed by atoms with van der Waals surface area (Å²) in [4.78, 5) is 4.16. The molecule has 0 aliphatic heterocycles. The number of nitrogens with one attached hydrogen (secondary N) is 1. The van der Waals surface area contributed by atoms with Crippen LogP contribution in [-0.4, -0.2) is 29.3 Å². The van der Waals surface area contributed by atoms with Crippen LogP contribution < -0.4 is 10.1 Å². The molecule has 4 nitrogen and oxygen atoms in total. The zero-order chi connectivity index (χ0) is 15.2. The first-order chi connectivity index (χ1) is 9.31. The van der Waals surface area contributed by atoms with E-state index in [1.165, 1.54) is 0 Å². The van der Waals surface area contributed by atoms with Crippen molar-refractivity contribution in [3.8, 4) is 5.75 Å². The third-order valence-electron chi connectivity index (χ3n) is 3.05. The van der Waals surface area contributed by atoms with Crippen molar-refractivity contribution in [2.45, 2.75) is 52.7 Å². The normalized spacial score (nSPS) is 14.6. The Bertz CT molecular complexity index is 403. The van der Waals surface area contributed by atoms with Gasteiger partial charge in [-0.15, -0.1) is 0 Å². The zero-order valence-corrected chi connectivity index (χ0v) is 13.3. The fraction of sp³-hybridized carbons (Fsp3) is 0.688. The van der Waals surface area contributed by atoms with Crippen LogP contribution in [0.5, 0.6) is 5.75 Å². The molecule has 0 spiro atoms. The maximum atomic E-state index is 10.6. The molecule has 0 saturated carbocycles. The van der Waals surface area contributed by atoms with E-state index in [2.05, 4.69) is 24.1 Å². The fourth-order valence-electron chi connectivity index (χ4n) is 1.92. The highest BCUT2D eigenvalue weighted by Crippen LogP contribution is 2.26. The summed E-state index contributed by atoms with van der Waals surface area (Å²) in [6, 6.07) is 1.87. The highest BCUT2D eigenvalue weighted by Gasteiger charge is 2.23. The third-order valence-corrected chi connectivity index (χ3v) is 3.05. The molecule has 1 atom stereocenters. The molecule has 0 radical (unpaired) electrons.